The maximum Gasteiger partial charge on any atom is 0.0583 e. The summed E-state index contributed by atoms with van der Waals surface area (Å²) >= 11 is 3.54. The van der Waals surface area contributed by atoms with E-state index in [1.807, 2.05) is 0 Å². The minimum atomic E-state index is 0.512. The molecule has 0 aliphatic heterocycles. The van der Waals surface area contributed by atoms with E-state index in [0.717, 1.165) is 23.9 Å². The molecule has 0 aromatic carbocycles. The molecule has 0 aliphatic carbocycles. The van der Waals surface area contributed by atoms with Gasteiger partial charge in [0.2, 0.25) is 0 Å². The summed E-state index contributed by atoms with van der Waals surface area (Å²) in [5.74, 6) is 0.512. The van der Waals surface area contributed by atoms with Crippen LogP contribution in [0.25, 0.3) is 0 Å². The Balaban J connectivity index is 4.72. The van der Waals surface area contributed by atoms with Crippen LogP contribution in [0.2, 0.25) is 0 Å². The first-order valence-corrected chi connectivity index (χ1v) is 8.58. The number of aliphatic imine (C=N–C) groups is 1. The normalized spacial score (nSPS) is 16.0. The molecule has 1 atom stereocenters. The Bertz CT molecular complexity index is 375. The highest BCUT2D eigenvalue weighted by atomic mass is 79.9. The van der Waals surface area contributed by atoms with Gasteiger partial charge in [-0.25, -0.2) is 0 Å². The summed E-state index contributed by atoms with van der Waals surface area (Å²) < 4.78 is 1.11. The van der Waals surface area contributed by atoms with Crippen molar-refractivity contribution in [3.63, 3.8) is 0 Å². The topological polar surface area (TPSA) is 12.4 Å². The second-order valence-corrected chi connectivity index (χ2v) is 5.87. The number of nitrogens with zero attached hydrogens (tertiary/aromatic N) is 1. The molecule has 0 amide bonds. The van der Waals surface area contributed by atoms with Crippen LogP contribution in [0.4, 0.5) is 0 Å². The second-order valence-electron chi connectivity index (χ2n) is 4.96. The van der Waals surface area contributed by atoms with Crippen LogP contribution in [0.1, 0.15) is 60.3 Å². The van der Waals surface area contributed by atoms with Gasteiger partial charge in [0.15, 0.2) is 0 Å². The van der Waals surface area contributed by atoms with Crippen LogP contribution in [0.15, 0.2) is 39.4 Å². The van der Waals surface area contributed by atoms with Crippen LogP contribution >= 0.6 is 15.9 Å². The van der Waals surface area contributed by atoms with Gasteiger partial charge in [0.05, 0.1) is 6.54 Å². The van der Waals surface area contributed by atoms with Crippen molar-refractivity contribution in [1.29, 1.82) is 0 Å². The summed E-state index contributed by atoms with van der Waals surface area (Å²) in [5.41, 5.74) is 2.79. The van der Waals surface area contributed by atoms with Crippen molar-refractivity contribution in [1.82, 2.24) is 0 Å². The van der Waals surface area contributed by atoms with E-state index in [-0.39, 0.29) is 0 Å². The Morgan fingerprint density at radius 2 is 1.95 bits per heavy atom. The Hall–Kier alpha value is -0.630. The van der Waals surface area contributed by atoms with Gasteiger partial charge < -0.3 is 0 Å². The molecule has 0 bridgehead atoms. The van der Waals surface area contributed by atoms with Gasteiger partial charge in [0, 0.05) is 16.1 Å². The quantitative estimate of drug-likeness (QED) is 0.259. The van der Waals surface area contributed by atoms with Gasteiger partial charge in [-0.1, -0.05) is 66.9 Å². The first-order valence-electron chi connectivity index (χ1n) is 7.78. The van der Waals surface area contributed by atoms with Crippen molar-refractivity contribution >= 4 is 21.6 Å². The van der Waals surface area contributed by atoms with Gasteiger partial charge in [-0.15, -0.1) is 0 Å². The predicted octanol–water partition coefficient (Wildman–Crippen LogP) is 6.46. The molecule has 0 heterocycles. The molecule has 0 N–H and O–H groups in total. The Labute approximate surface area is 134 Å². The standard InChI is InChI=1S/C18H30BrN/c1-6-10-12-17(19)13-14-20-15(5)18(9-4)16(8-3)11-7-2/h8,10,12-13,18H,6-7,9,11,14H2,1-5H3/b12-10?,16-8-,17-13+,20-15?. The molecule has 0 saturated carbocycles. The van der Waals surface area contributed by atoms with Crippen molar-refractivity contribution in [3.8, 4) is 0 Å². The number of rotatable bonds is 9. The lowest BCUT2D eigenvalue weighted by molar-refractivity contribution is 0.702. The molecule has 0 spiro atoms. The molecule has 114 valence electrons. The highest BCUT2D eigenvalue weighted by Crippen LogP contribution is 2.22. The first kappa shape index (κ1) is 19.4. The minimum Gasteiger partial charge on any atom is -0.290 e. The van der Waals surface area contributed by atoms with Gasteiger partial charge in [-0.05, 0) is 39.2 Å². The van der Waals surface area contributed by atoms with Crippen LogP contribution in [0, 0.1) is 5.92 Å². The van der Waals surface area contributed by atoms with Gasteiger partial charge in [-0.3, -0.25) is 4.99 Å². The lowest BCUT2D eigenvalue weighted by Gasteiger charge is -2.18. The average molecular weight is 340 g/mol. The smallest absolute Gasteiger partial charge is 0.0583 e. The molecule has 0 aliphatic rings. The fraction of sp³-hybridized carbons (Fsp3) is 0.611. The number of hydrogen-bond acceptors (Lipinski definition) is 1. The van der Waals surface area contributed by atoms with Crippen LogP contribution in [-0.2, 0) is 0 Å². The maximum atomic E-state index is 4.73. The van der Waals surface area contributed by atoms with Gasteiger partial charge >= 0.3 is 0 Å². The van der Waals surface area contributed by atoms with Crippen molar-refractivity contribution in [2.75, 3.05) is 6.54 Å². The third-order valence-electron chi connectivity index (χ3n) is 3.41. The van der Waals surface area contributed by atoms with Gasteiger partial charge in [0.1, 0.15) is 0 Å². The van der Waals surface area contributed by atoms with Crippen LogP contribution in [-0.4, -0.2) is 12.3 Å². The molecular weight excluding hydrogens is 310 g/mol. The van der Waals surface area contributed by atoms with E-state index in [9.17, 15) is 0 Å². The third kappa shape index (κ3) is 7.84. The van der Waals surface area contributed by atoms with E-state index < -0.39 is 0 Å². The van der Waals surface area contributed by atoms with Gasteiger partial charge in [-0.2, -0.15) is 0 Å². The average Bonchev–Trinajstić information content (AvgIpc) is 2.44. The molecule has 0 radical (unpaired) electrons. The van der Waals surface area contributed by atoms with Crippen LogP contribution in [0.5, 0.6) is 0 Å². The molecule has 0 aromatic heterocycles. The summed E-state index contributed by atoms with van der Waals surface area (Å²) in [7, 11) is 0. The summed E-state index contributed by atoms with van der Waals surface area (Å²) in [6.45, 7) is 11.7. The van der Waals surface area contributed by atoms with Crippen LogP contribution in [0.3, 0.4) is 0 Å². The highest BCUT2D eigenvalue weighted by molar-refractivity contribution is 9.11. The largest absolute Gasteiger partial charge is 0.290 e. The molecule has 20 heavy (non-hydrogen) atoms. The third-order valence-corrected chi connectivity index (χ3v) is 4.00. The predicted molar refractivity (Wildman–Crippen MR) is 96.9 cm³/mol. The Kier molecular flexibility index (Phi) is 11.8. The zero-order valence-electron chi connectivity index (χ0n) is 13.7. The molecule has 0 rings (SSSR count). The van der Waals surface area contributed by atoms with E-state index in [1.165, 1.54) is 24.1 Å². The van der Waals surface area contributed by atoms with E-state index in [2.05, 4.69) is 74.9 Å². The molecule has 0 aromatic rings. The number of allylic oxidation sites excluding steroid dienone is 5. The summed E-state index contributed by atoms with van der Waals surface area (Å²) in [6, 6.07) is 0. The SMILES string of the molecule is C/C=C(/CCC)C(CC)C(C)=NC/C=C(/Br)C=CCC. The first-order chi connectivity index (χ1) is 9.60. The lowest BCUT2D eigenvalue weighted by Crippen LogP contribution is -2.13. The van der Waals surface area contributed by atoms with Crippen molar-refractivity contribution in [2.24, 2.45) is 10.9 Å². The second kappa shape index (κ2) is 12.1. The van der Waals surface area contributed by atoms with E-state index >= 15 is 0 Å². The molecule has 1 unspecified atom stereocenters. The molecule has 0 saturated heterocycles. The summed E-state index contributed by atoms with van der Waals surface area (Å²) in [6.07, 6.45) is 13.2. The zero-order valence-corrected chi connectivity index (χ0v) is 15.3. The van der Waals surface area contributed by atoms with Crippen molar-refractivity contribution in [3.05, 3.63) is 34.4 Å². The highest BCUT2D eigenvalue weighted by Gasteiger charge is 2.13. The van der Waals surface area contributed by atoms with Crippen molar-refractivity contribution < 1.29 is 0 Å². The summed E-state index contributed by atoms with van der Waals surface area (Å²) in [4.78, 5) is 4.73. The van der Waals surface area contributed by atoms with E-state index in [1.54, 1.807) is 0 Å². The molecule has 0 fully saturated rings. The molecule has 1 nitrogen and oxygen atoms in total. The molecular formula is C18H30BrN. The Morgan fingerprint density at radius 1 is 1.25 bits per heavy atom. The van der Waals surface area contributed by atoms with Gasteiger partial charge in [0.25, 0.3) is 0 Å². The minimum absolute atomic E-state index is 0.512. The monoisotopic (exact) mass is 339 g/mol. The van der Waals surface area contributed by atoms with E-state index in [4.69, 9.17) is 4.99 Å². The molecule has 2 heteroatoms. The zero-order chi connectivity index (χ0) is 15.4. The van der Waals surface area contributed by atoms with E-state index in [0.29, 0.717) is 5.92 Å². The fourth-order valence-electron chi connectivity index (χ4n) is 2.32. The van der Waals surface area contributed by atoms with Crippen LogP contribution < -0.4 is 0 Å². The number of hydrogen-bond donors (Lipinski definition) is 0. The maximum absolute atomic E-state index is 4.73. The Morgan fingerprint density at radius 3 is 2.45 bits per heavy atom. The summed E-state index contributed by atoms with van der Waals surface area (Å²) in [5, 5.41) is 0. The lowest BCUT2D eigenvalue weighted by atomic mass is 9.89. The number of halogens is 1. The fourth-order valence-corrected chi connectivity index (χ4v) is 2.65. The van der Waals surface area contributed by atoms with Crippen molar-refractivity contribution in [2.45, 2.75) is 60.3 Å².